The molecule has 1 aliphatic carbocycles. The van der Waals surface area contributed by atoms with Crippen molar-refractivity contribution < 1.29 is 14.3 Å². The predicted octanol–water partition coefficient (Wildman–Crippen LogP) is 4.22. The number of hydrogen-bond donors (Lipinski definition) is 1. The van der Waals surface area contributed by atoms with Crippen molar-refractivity contribution in [3.63, 3.8) is 0 Å². The molecule has 1 unspecified atom stereocenters. The maximum atomic E-state index is 12.2. The van der Waals surface area contributed by atoms with Gasteiger partial charge >= 0.3 is 5.97 Å². The minimum absolute atomic E-state index is 0.0307. The number of carbonyl (C=O) groups is 2. The van der Waals surface area contributed by atoms with Crippen molar-refractivity contribution in [3.05, 3.63) is 22.4 Å². The fourth-order valence-electron chi connectivity index (χ4n) is 3.26. The van der Waals surface area contributed by atoms with Crippen LogP contribution in [0.4, 0.5) is 0 Å². The fraction of sp³-hybridized carbons (Fsp3) is 0.667. The van der Waals surface area contributed by atoms with Gasteiger partial charge in [0.25, 0.3) is 0 Å². The summed E-state index contributed by atoms with van der Waals surface area (Å²) in [5, 5.41) is 4.95. The van der Waals surface area contributed by atoms with Crippen LogP contribution in [0.3, 0.4) is 0 Å². The quantitative estimate of drug-likeness (QED) is 0.723. The third kappa shape index (κ3) is 6.34. The SMILES string of the molecule is COC(=O)CC(NC(=O)CCCC1CCCCC1)c1cccs1. The summed E-state index contributed by atoms with van der Waals surface area (Å²) in [6.45, 7) is 0. The number of esters is 1. The van der Waals surface area contributed by atoms with Gasteiger partial charge in [0.05, 0.1) is 19.6 Å². The largest absolute Gasteiger partial charge is 0.469 e. The second-order valence-electron chi connectivity index (χ2n) is 6.31. The van der Waals surface area contributed by atoms with E-state index in [1.54, 1.807) is 11.3 Å². The Labute approximate surface area is 142 Å². The second-order valence-corrected chi connectivity index (χ2v) is 7.29. The summed E-state index contributed by atoms with van der Waals surface area (Å²) >= 11 is 1.55. The summed E-state index contributed by atoms with van der Waals surface area (Å²) in [7, 11) is 1.37. The molecular weight excluding hydrogens is 310 g/mol. The number of methoxy groups -OCH3 is 1. The van der Waals surface area contributed by atoms with Gasteiger partial charge in [0.1, 0.15) is 0 Å². The van der Waals surface area contributed by atoms with E-state index in [0.717, 1.165) is 23.6 Å². The fourth-order valence-corrected chi connectivity index (χ4v) is 4.03. The van der Waals surface area contributed by atoms with Crippen LogP contribution in [0.1, 0.15) is 68.7 Å². The van der Waals surface area contributed by atoms with Crippen LogP contribution in [0.25, 0.3) is 0 Å². The Morgan fingerprint density at radius 1 is 1.35 bits per heavy atom. The molecule has 1 N–H and O–H groups in total. The summed E-state index contributed by atoms with van der Waals surface area (Å²) in [4.78, 5) is 24.7. The molecule has 1 aromatic heterocycles. The smallest absolute Gasteiger partial charge is 0.307 e. The molecule has 1 amide bonds. The lowest BCUT2D eigenvalue weighted by atomic mass is 9.86. The Morgan fingerprint density at radius 3 is 2.78 bits per heavy atom. The van der Waals surface area contributed by atoms with Crippen LogP contribution in [-0.2, 0) is 14.3 Å². The number of amides is 1. The summed E-state index contributed by atoms with van der Waals surface area (Å²) in [5.41, 5.74) is 0. The highest BCUT2D eigenvalue weighted by Gasteiger charge is 2.20. The lowest BCUT2D eigenvalue weighted by Gasteiger charge is -2.21. The Kier molecular flexibility index (Phi) is 7.59. The van der Waals surface area contributed by atoms with E-state index in [1.807, 2.05) is 17.5 Å². The van der Waals surface area contributed by atoms with Gasteiger partial charge in [-0.05, 0) is 30.2 Å². The van der Waals surface area contributed by atoms with E-state index in [0.29, 0.717) is 6.42 Å². The molecule has 1 fully saturated rings. The second kappa shape index (κ2) is 9.71. The maximum absolute atomic E-state index is 12.2. The molecule has 1 aliphatic rings. The third-order valence-electron chi connectivity index (χ3n) is 4.56. The van der Waals surface area contributed by atoms with Crippen LogP contribution in [0.5, 0.6) is 0 Å². The van der Waals surface area contributed by atoms with Crippen molar-refractivity contribution in [1.29, 1.82) is 0 Å². The Balaban J connectivity index is 1.76. The van der Waals surface area contributed by atoms with Crippen molar-refractivity contribution in [1.82, 2.24) is 5.32 Å². The standard InChI is InChI=1S/C18H27NO3S/c1-22-18(21)13-15(16-10-6-12-23-16)19-17(20)11-5-9-14-7-3-2-4-8-14/h6,10,12,14-15H,2-5,7-9,11,13H2,1H3,(H,19,20). The van der Waals surface area contributed by atoms with E-state index < -0.39 is 0 Å². The molecule has 1 saturated carbocycles. The predicted molar refractivity (Wildman–Crippen MR) is 92.3 cm³/mol. The number of hydrogen-bond acceptors (Lipinski definition) is 4. The van der Waals surface area contributed by atoms with Gasteiger partial charge in [-0.3, -0.25) is 9.59 Å². The summed E-state index contributed by atoms with van der Waals surface area (Å²) in [6, 6.07) is 3.60. The summed E-state index contributed by atoms with van der Waals surface area (Å²) in [6.07, 6.45) is 9.51. The average Bonchev–Trinajstić information content (AvgIpc) is 3.09. The van der Waals surface area contributed by atoms with Gasteiger partial charge in [0.2, 0.25) is 5.91 Å². The number of nitrogens with one attached hydrogen (secondary N) is 1. The van der Waals surface area contributed by atoms with Gasteiger partial charge in [0.15, 0.2) is 0 Å². The first-order chi connectivity index (χ1) is 11.2. The molecule has 0 spiro atoms. The van der Waals surface area contributed by atoms with Gasteiger partial charge in [0, 0.05) is 11.3 Å². The van der Waals surface area contributed by atoms with Gasteiger partial charge in [-0.15, -0.1) is 11.3 Å². The Bertz CT molecular complexity index is 480. The van der Waals surface area contributed by atoms with Gasteiger partial charge in [-0.25, -0.2) is 0 Å². The number of carbonyl (C=O) groups excluding carboxylic acids is 2. The molecule has 5 heteroatoms. The van der Waals surface area contributed by atoms with Crippen molar-refractivity contribution >= 4 is 23.2 Å². The van der Waals surface area contributed by atoms with Crippen molar-refractivity contribution in [2.75, 3.05) is 7.11 Å². The molecule has 1 atom stereocenters. The topological polar surface area (TPSA) is 55.4 Å². The van der Waals surface area contributed by atoms with Gasteiger partial charge in [-0.2, -0.15) is 0 Å². The zero-order valence-corrected chi connectivity index (χ0v) is 14.7. The maximum Gasteiger partial charge on any atom is 0.307 e. The van der Waals surface area contributed by atoms with E-state index in [4.69, 9.17) is 4.74 Å². The lowest BCUT2D eigenvalue weighted by molar-refractivity contribution is -0.141. The monoisotopic (exact) mass is 337 g/mol. The van der Waals surface area contributed by atoms with E-state index >= 15 is 0 Å². The zero-order chi connectivity index (χ0) is 16.5. The third-order valence-corrected chi connectivity index (χ3v) is 5.55. The number of rotatable bonds is 8. The molecule has 0 radical (unpaired) electrons. The van der Waals surface area contributed by atoms with Crippen molar-refractivity contribution in [2.24, 2.45) is 5.92 Å². The van der Waals surface area contributed by atoms with Crippen LogP contribution in [0, 0.1) is 5.92 Å². The minimum atomic E-state index is -0.300. The molecule has 1 heterocycles. The molecule has 1 aromatic rings. The van der Waals surface area contributed by atoms with Crippen molar-refractivity contribution in [2.45, 2.75) is 63.8 Å². The van der Waals surface area contributed by atoms with Gasteiger partial charge in [-0.1, -0.05) is 38.2 Å². The average molecular weight is 337 g/mol. The molecule has 0 aliphatic heterocycles. The van der Waals surface area contributed by atoms with Crippen LogP contribution in [0.2, 0.25) is 0 Å². The lowest BCUT2D eigenvalue weighted by Crippen LogP contribution is -2.29. The highest BCUT2D eigenvalue weighted by Crippen LogP contribution is 2.28. The minimum Gasteiger partial charge on any atom is -0.469 e. The first-order valence-corrected chi connectivity index (χ1v) is 9.46. The zero-order valence-electron chi connectivity index (χ0n) is 13.9. The van der Waals surface area contributed by atoms with Crippen LogP contribution in [0.15, 0.2) is 17.5 Å². The number of thiophene rings is 1. The van der Waals surface area contributed by atoms with Crippen molar-refractivity contribution in [3.8, 4) is 0 Å². The summed E-state index contributed by atoms with van der Waals surface area (Å²) in [5.74, 6) is 0.536. The molecule has 23 heavy (non-hydrogen) atoms. The summed E-state index contributed by atoms with van der Waals surface area (Å²) < 4.78 is 4.74. The van der Waals surface area contributed by atoms with E-state index in [9.17, 15) is 9.59 Å². The van der Waals surface area contributed by atoms with Gasteiger partial charge < -0.3 is 10.1 Å². The molecule has 0 aromatic carbocycles. The van der Waals surface area contributed by atoms with E-state index in [2.05, 4.69) is 5.32 Å². The van der Waals surface area contributed by atoms with Crippen LogP contribution >= 0.6 is 11.3 Å². The highest BCUT2D eigenvalue weighted by molar-refractivity contribution is 7.10. The number of ether oxygens (including phenoxy) is 1. The van der Waals surface area contributed by atoms with Crippen LogP contribution < -0.4 is 5.32 Å². The molecule has 4 nitrogen and oxygen atoms in total. The Hall–Kier alpha value is -1.36. The molecular formula is C18H27NO3S. The molecule has 0 bridgehead atoms. The highest BCUT2D eigenvalue weighted by atomic mass is 32.1. The molecule has 0 saturated heterocycles. The molecule has 128 valence electrons. The Morgan fingerprint density at radius 2 is 2.13 bits per heavy atom. The van der Waals surface area contributed by atoms with Crippen LogP contribution in [-0.4, -0.2) is 19.0 Å². The normalized spacial score (nSPS) is 16.7. The van der Waals surface area contributed by atoms with E-state index in [-0.39, 0.29) is 24.3 Å². The first-order valence-electron chi connectivity index (χ1n) is 8.58. The first kappa shape index (κ1) is 18.0. The molecule has 2 rings (SSSR count). The van der Waals surface area contributed by atoms with E-state index in [1.165, 1.54) is 39.2 Å².